The van der Waals surface area contributed by atoms with Gasteiger partial charge in [0.15, 0.2) is 0 Å². The van der Waals surface area contributed by atoms with Crippen LogP contribution in [0.5, 0.6) is 0 Å². The van der Waals surface area contributed by atoms with Crippen LogP contribution in [0.1, 0.15) is 40.0 Å². The predicted octanol–water partition coefficient (Wildman–Crippen LogP) is 3.25. The second-order valence-corrected chi connectivity index (χ2v) is 6.06. The van der Waals surface area contributed by atoms with Gasteiger partial charge < -0.3 is 10.2 Å². The number of fused-ring (bicyclic) bond motifs is 2. The monoisotopic (exact) mass is 278 g/mol. The Morgan fingerprint density at radius 2 is 1.87 bits per heavy atom. The van der Waals surface area contributed by atoms with Crippen LogP contribution in [0.25, 0.3) is 0 Å². The number of carbonyl (C=O) groups is 1. The molecule has 0 aromatic carbocycles. The molecule has 2 N–H and O–H groups in total. The third kappa shape index (κ3) is 2.07. The fraction of sp³-hybridized carbons (Fsp3) is 0.909. The Kier molecular flexibility index (Phi) is 3.51. The van der Waals surface area contributed by atoms with Crippen molar-refractivity contribution in [1.82, 2.24) is 0 Å². The summed E-state index contributed by atoms with van der Waals surface area (Å²) >= 11 is 2.19. The van der Waals surface area contributed by atoms with Crippen molar-refractivity contribution in [3.05, 3.63) is 0 Å². The molecule has 3 unspecified atom stereocenters. The van der Waals surface area contributed by atoms with Gasteiger partial charge in [-0.2, -0.15) is 0 Å². The molecule has 2 aliphatic rings. The molecule has 4 heteroatoms. The highest BCUT2D eigenvalue weighted by atomic mass is 79.9. The van der Waals surface area contributed by atoms with Crippen molar-refractivity contribution in [2.45, 2.75) is 46.1 Å². The van der Waals surface area contributed by atoms with E-state index >= 15 is 0 Å². The molecular weight excluding hydrogens is 260 g/mol. The molecule has 88 valence electrons. The number of aliphatic hydroxyl groups is 1. The molecule has 3 atom stereocenters. The lowest BCUT2D eigenvalue weighted by Gasteiger charge is -2.36. The maximum absolute atomic E-state index is 9.81. The number of hydrogen-bond acceptors (Lipinski definition) is 2. The summed E-state index contributed by atoms with van der Waals surface area (Å²) in [6, 6.07) is 0. The van der Waals surface area contributed by atoms with Crippen molar-refractivity contribution in [1.29, 1.82) is 0 Å². The summed E-state index contributed by atoms with van der Waals surface area (Å²) < 4.78 is 0. The second-order valence-electron chi connectivity index (χ2n) is 5.38. The van der Waals surface area contributed by atoms with Crippen molar-refractivity contribution in [3.8, 4) is 0 Å². The Bertz CT molecular complexity index is 261. The zero-order valence-corrected chi connectivity index (χ0v) is 11.0. The molecule has 0 radical (unpaired) electrons. The zero-order valence-electron chi connectivity index (χ0n) is 9.46. The molecule has 0 aromatic heterocycles. The molecule has 0 aromatic rings. The number of aliphatic hydroxyl groups excluding tert-OH is 1. The minimum absolute atomic E-state index is 0.0313. The first-order valence-electron chi connectivity index (χ1n) is 5.28. The van der Waals surface area contributed by atoms with Gasteiger partial charge in [-0.25, -0.2) is 4.79 Å². The molecular formula is C11H19BrO3. The third-order valence-electron chi connectivity index (χ3n) is 4.75. The van der Waals surface area contributed by atoms with E-state index in [0.717, 1.165) is 12.3 Å². The first-order chi connectivity index (χ1) is 6.72. The number of rotatable bonds is 0. The first-order valence-corrected chi connectivity index (χ1v) is 6.07. The molecule has 2 aliphatic carbocycles. The highest BCUT2D eigenvalue weighted by molar-refractivity contribution is 9.18. The highest BCUT2D eigenvalue weighted by Crippen LogP contribution is 2.65. The molecule has 0 heterocycles. The summed E-state index contributed by atoms with van der Waals surface area (Å²) in [6.45, 7) is 6.90. The van der Waals surface area contributed by atoms with Crippen LogP contribution in [0.3, 0.4) is 0 Å². The van der Waals surface area contributed by atoms with Crippen LogP contribution in [-0.2, 0) is 0 Å². The van der Waals surface area contributed by atoms with E-state index in [0.29, 0.717) is 5.41 Å². The molecule has 2 rings (SSSR count). The Morgan fingerprint density at radius 1 is 1.40 bits per heavy atom. The van der Waals surface area contributed by atoms with E-state index in [1.165, 1.54) is 12.8 Å². The molecule has 0 spiro atoms. The minimum atomic E-state index is -1.02. The summed E-state index contributed by atoms with van der Waals surface area (Å²) in [4.78, 5) is 7.90. The molecule has 15 heavy (non-hydrogen) atoms. The van der Waals surface area contributed by atoms with Crippen LogP contribution in [0, 0.1) is 16.7 Å². The van der Waals surface area contributed by atoms with Gasteiger partial charge in [-0.15, -0.1) is 0 Å². The lowest BCUT2D eigenvalue weighted by Crippen LogP contribution is -2.35. The summed E-state index contributed by atoms with van der Waals surface area (Å²) in [7, 11) is 0. The predicted molar refractivity (Wildman–Crippen MR) is 62.2 cm³/mol. The van der Waals surface area contributed by atoms with E-state index in [9.17, 15) is 5.11 Å². The van der Waals surface area contributed by atoms with Gasteiger partial charge in [0.2, 0.25) is 0 Å². The fourth-order valence-electron chi connectivity index (χ4n) is 3.16. The van der Waals surface area contributed by atoms with E-state index < -0.39 is 4.88 Å². The van der Waals surface area contributed by atoms with Crippen LogP contribution < -0.4 is 0 Å². The smallest absolute Gasteiger partial charge is 0.372 e. The van der Waals surface area contributed by atoms with Crippen LogP contribution in [0.4, 0.5) is 4.79 Å². The zero-order chi connectivity index (χ0) is 11.9. The van der Waals surface area contributed by atoms with E-state index in [1.807, 2.05) is 0 Å². The van der Waals surface area contributed by atoms with Crippen LogP contribution in [-0.4, -0.2) is 21.2 Å². The van der Waals surface area contributed by atoms with Crippen molar-refractivity contribution < 1.29 is 15.0 Å². The largest absolute Gasteiger partial charge is 0.473 e. The van der Waals surface area contributed by atoms with Crippen molar-refractivity contribution >= 4 is 20.8 Å². The van der Waals surface area contributed by atoms with Crippen molar-refractivity contribution in [2.24, 2.45) is 16.7 Å². The Balaban J connectivity index is 0.000000245. The van der Waals surface area contributed by atoms with Crippen molar-refractivity contribution in [3.63, 3.8) is 0 Å². The molecule has 0 amide bonds. The molecule has 3 nitrogen and oxygen atoms in total. The van der Waals surface area contributed by atoms with Crippen LogP contribution in [0.15, 0.2) is 0 Å². The lowest BCUT2D eigenvalue weighted by molar-refractivity contribution is 0.0126. The Morgan fingerprint density at radius 3 is 2.00 bits per heavy atom. The van der Waals surface area contributed by atoms with E-state index in [1.54, 1.807) is 0 Å². The minimum Gasteiger partial charge on any atom is -0.473 e. The summed E-state index contributed by atoms with van der Waals surface area (Å²) in [5, 5.41) is 17.1. The summed E-state index contributed by atoms with van der Waals surface area (Å²) in [5.74, 6) is 0.780. The first kappa shape index (κ1) is 13.0. The molecule has 2 saturated carbocycles. The van der Waals surface area contributed by atoms with Crippen LogP contribution >= 0.6 is 15.9 Å². The standard InChI is InChI=1S/C10H18O.CHBrO2/c1-9(2)7-4-5-10(9,3)8(11)6-7;2-1(3)4/h7-8,11H,4-6H2,1-3H3;(H,3,4). The fourth-order valence-corrected chi connectivity index (χ4v) is 3.16. The van der Waals surface area contributed by atoms with Crippen LogP contribution in [0.2, 0.25) is 0 Å². The normalized spacial score (nSPS) is 40.9. The maximum Gasteiger partial charge on any atom is 0.372 e. The number of hydrogen-bond donors (Lipinski definition) is 2. The lowest BCUT2D eigenvalue weighted by atomic mass is 9.70. The van der Waals surface area contributed by atoms with Gasteiger partial charge in [0.25, 0.3) is 0 Å². The molecule has 0 aliphatic heterocycles. The number of carboxylic acid groups (broad SMARTS) is 1. The van der Waals surface area contributed by atoms with Gasteiger partial charge in [0, 0.05) is 15.9 Å². The summed E-state index contributed by atoms with van der Waals surface area (Å²) in [6.07, 6.45) is 3.58. The van der Waals surface area contributed by atoms with Gasteiger partial charge in [-0.05, 0) is 36.0 Å². The maximum atomic E-state index is 9.81. The quantitative estimate of drug-likeness (QED) is 0.669. The number of halogens is 1. The SMILES string of the molecule is CC1(C)C2CCC1(C)C(O)C2.O=C(O)Br. The van der Waals surface area contributed by atoms with E-state index in [2.05, 4.69) is 36.7 Å². The van der Waals surface area contributed by atoms with E-state index in [4.69, 9.17) is 9.90 Å². The van der Waals surface area contributed by atoms with Gasteiger partial charge in [0.05, 0.1) is 6.10 Å². The van der Waals surface area contributed by atoms with Gasteiger partial charge in [0.1, 0.15) is 0 Å². The topological polar surface area (TPSA) is 57.5 Å². The Labute approximate surface area is 99.0 Å². The molecule has 0 saturated heterocycles. The summed E-state index contributed by atoms with van der Waals surface area (Å²) in [5.41, 5.74) is 0.601. The van der Waals surface area contributed by atoms with Gasteiger partial charge in [-0.1, -0.05) is 20.8 Å². The Hall–Kier alpha value is -0.0900. The average molecular weight is 279 g/mol. The molecule has 2 bridgehead atoms. The third-order valence-corrected chi connectivity index (χ3v) is 4.75. The molecule has 2 fully saturated rings. The van der Waals surface area contributed by atoms with E-state index in [-0.39, 0.29) is 11.5 Å². The van der Waals surface area contributed by atoms with Gasteiger partial charge >= 0.3 is 4.88 Å². The second kappa shape index (κ2) is 4.06. The average Bonchev–Trinajstić information content (AvgIpc) is 2.36. The van der Waals surface area contributed by atoms with Gasteiger partial charge in [-0.3, -0.25) is 0 Å². The van der Waals surface area contributed by atoms with Crippen molar-refractivity contribution in [2.75, 3.05) is 0 Å². The highest BCUT2D eigenvalue weighted by Gasteiger charge is 2.60.